The van der Waals surface area contributed by atoms with Gasteiger partial charge in [0.1, 0.15) is 5.75 Å². The summed E-state index contributed by atoms with van der Waals surface area (Å²) in [6.45, 7) is 0. The maximum absolute atomic E-state index is 11.5. The Morgan fingerprint density at radius 3 is 1.95 bits per heavy atom. The highest BCUT2D eigenvalue weighted by Gasteiger charge is 2.16. The fourth-order valence-electron chi connectivity index (χ4n) is 1.76. The number of nitro groups is 1. The van der Waals surface area contributed by atoms with Crippen LogP contribution in [-0.4, -0.2) is 20.8 Å². The normalized spacial score (nSPS) is 11.7. The number of hydrogen-bond donors (Lipinski definition) is 1. The third kappa shape index (κ3) is 3.36. The van der Waals surface area contributed by atoms with E-state index in [9.17, 15) is 18.9 Å². The summed E-state index contributed by atoms with van der Waals surface area (Å²) in [5.74, 6) is 0.617. The zero-order chi connectivity index (χ0) is 15.4. The molecule has 2 aromatic rings. The summed E-state index contributed by atoms with van der Waals surface area (Å²) >= 11 is -2.31. The van der Waals surface area contributed by atoms with Crippen LogP contribution in [0.2, 0.25) is 0 Å². The lowest BCUT2D eigenvalue weighted by Gasteiger charge is -2.20. The lowest BCUT2D eigenvalue weighted by molar-refractivity contribution is -0.384. The molecular formula is C13H12N2O5S. The van der Waals surface area contributed by atoms with Crippen molar-refractivity contribution in [2.45, 2.75) is 0 Å². The first-order valence-electron chi connectivity index (χ1n) is 5.82. The SMILES string of the molecule is COc1ccc(N(c2ccc([N+](=O)[O-])cc2)S(=O)O)cc1. The summed E-state index contributed by atoms with van der Waals surface area (Å²) in [6.07, 6.45) is 0. The molecule has 0 fully saturated rings. The van der Waals surface area contributed by atoms with E-state index in [0.717, 1.165) is 4.31 Å². The van der Waals surface area contributed by atoms with Gasteiger partial charge < -0.3 is 4.74 Å². The highest BCUT2D eigenvalue weighted by Crippen LogP contribution is 2.29. The Morgan fingerprint density at radius 2 is 1.57 bits per heavy atom. The van der Waals surface area contributed by atoms with Gasteiger partial charge in [-0.1, -0.05) is 0 Å². The Labute approximate surface area is 123 Å². The molecule has 0 aromatic heterocycles. The number of methoxy groups -OCH3 is 1. The zero-order valence-electron chi connectivity index (χ0n) is 11.0. The minimum Gasteiger partial charge on any atom is -0.497 e. The van der Waals surface area contributed by atoms with Crippen molar-refractivity contribution in [1.29, 1.82) is 0 Å². The van der Waals surface area contributed by atoms with Crippen LogP contribution in [0, 0.1) is 10.1 Å². The molecule has 2 aromatic carbocycles. The largest absolute Gasteiger partial charge is 0.497 e. The van der Waals surface area contributed by atoms with Crippen molar-refractivity contribution in [3.05, 3.63) is 58.6 Å². The quantitative estimate of drug-likeness (QED) is 0.521. The lowest BCUT2D eigenvalue weighted by Crippen LogP contribution is -2.19. The van der Waals surface area contributed by atoms with Gasteiger partial charge in [0.05, 0.1) is 23.4 Å². The first-order chi connectivity index (χ1) is 10.0. The number of rotatable bonds is 5. The Kier molecular flexibility index (Phi) is 4.51. The molecule has 8 heteroatoms. The van der Waals surface area contributed by atoms with Gasteiger partial charge in [-0.05, 0) is 36.4 Å². The molecule has 0 aliphatic carbocycles. The molecule has 0 radical (unpaired) electrons. The van der Waals surface area contributed by atoms with E-state index in [2.05, 4.69) is 0 Å². The molecular weight excluding hydrogens is 296 g/mol. The number of ether oxygens (including phenoxy) is 1. The summed E-state index contributed by atoms with van der Waals surface area (Å²) in [7, 11) is 1.52. The molecule has 0 spiro atoms. The maximum atomic E-state index is 11.5. The standard InChI is InChI=1S/C13H12N2O5S/c1-20-13-8-6-11(7-9-13)14(21(18)19)10-2-4-12(5-3-10)15(16)17/h2-9H,1H3,(H,18,19). The Bertz CT molecular complexity index is 657. The van der Waals surface area contributed by atoms with Gasteiger partial charge in [-0.15, -0.1) is 0 Å². The van der Waals surface area contributed by atoms with Crippen molar-refractivity contribution in [2.75, 3.05) is 11.4 Å². The molecule has 0 heterocycles. The van der Waals surface area contributed by atoms with Crippen LogP contribution in [0.4, 0.5) is 17.1 Å². The molecule has 0 aliphatic rings. The number of nitro benzene ring substituents is 1. The van der Waals surface area contributed by atoms with E-state index in [1.165, 1.54) is 31.4 Å². The van der Waals surface area contributed by atoms with Gasteiger partial charge in [0.15, 0.2) is 0 Å². The average Bonchev–Trinajstić information content (AvgIpc) is 2.48. The van der Waals surface area contributed by atoms with Crippen molar-refractivity contribution in [1.82, 2.24) is 0 Å². The van der Waals surface area contributed by atoms with E-state index >= 15 is 0 Å². The molecule has 0 saturated heterocycles. The number of non-ortho nitro benzene ring substituents is 1. The number of hydrogen-bond acceptors (Lipinski definition) is 4. The van der Waals surface area contributed by atoms with Crippen LogP contribution in [0.25, 0.3) is 0 Å². The highest BCUT2D eigenvalue weighted by atomic mass is 32.2. The van der Waals surface area contributed by atoms with Crippen LogP contribution < -0.4 is 9.04 Å². The zero-order valence-corrected chi connectivity index (χ0v) is 11.8. The summed E-state index contributed by atoms with van der Waals surface area (Å²) in [4.78, 5) is 10.1. The van der Waals surface area contributed by atoms with Crippen LogP contribution in [0.1, 0.15) is 0 Å². The molecule has 1 unspecified atom stereocenters. The van der Waals surface area contributed by atoms with Crippen LogP contribution in [0.15, 0.2) is 48.5 Å². The summed E-state index contributed by atoms with van der Waals surface area (Å²) < 4.78 is 27.2. The molecule has 110 valence electrons. The highest BCUT2D eigenvalue weighted by molar-refractivity contribution is 7.81. The van der Waals surface area contributed by atoms with E-state index in [4.69, 9.17) is 4.74 Å². The van der Waals surface area contributed by atoms with Crippen molar-refractivity contribution in [3.63, 3.8) is 0 Å². The predicted octanol–water partition coefficient (Wildman–Crippen LogP) is 2.88. The van der Waals surface area contributed by atoms with Crippen LogP contribution in [0.5, 0.6) is 5.75 Å². The molecule has 7 nitrogen and oxygen atoms in total. The second-order valence-corrected chi connectivity index (χ2v) is 4.82. The molecule has 0 amide bonds. The minimum absolute atomic E-state index is 0.0860. The Balaban J connectivity index is 2.38. The molecule has 0 saturated carbocycles. The summed E-state index contributed by atoms with van der Waals surface area (Å²) in [5.41, 5.74) is 0.745. The van der Waals surface area contributed by atoms with Crippen LogP contribution >= 0.6 is 0 Å². The topological polar surface area (TPSA) is 92.9 Å². The van der Waals surface area contributed by atoms with E-state index in [0.29, 0.717) is 17.1 Å². The first-order valence-corrected chi connectivity index (χ1v) is 6.89. The van der Waals surface area contributed by atoms with Gasteiger partial charge in [0.2, 0.25) is 0 Å². The van der Waals surface area contributed by atoms with E-state index in [-0.39, 0.29) is 5.69 Å². The molecule has 1 atom stereocenters. The van der Waals surface area contributed by atoms with E-state index < -0.39 is 16.2 Å². The molecule has 21 heavy (non-hydrogen) atoms. The van der Waals surface area contributed by atoms with Crippen LogP contribution in [0.3, 0.4) is 0 Å². The fraction of sp³-hybridized carbons (Fsp3) is 0.0769. The average molecular weight is 308 g/mol. The van der Waals surface area contributed by atoms with Crippen molar-refractivity contribution >= 4 is 28.3 Å². The second kappa shape index (κ2) is 6.33. The first kappa shape index (κ1) is 14.9. The van der Waals surface area contributed by atoms with Gasteiger partial charge in [-0.2, -0.15) is 0 Å². The summed E-state index contributed by atoms with van der Waals surface area (Å²) in [5, 5.41) is 10.6. The third-order valence-corrected chi connectivity index (χ3v) is 3.49. The van der Waals surface area contributed by atoms with Crippen LogP contribution in [-0.2, 0) is 11.3 Å². The van der Waals surface area contributed by atoms with Gasteiger partial charge in [-0.25, -0.2) is 8.51 Å². The molecule has 2 rings (SSSR count). The van der Waals surface area contributed by atoms with Crippen molar-refractivity contribution in [3.8, 4) is 5.75 Å². The molecule has 0 bridgehead atoms. The van der Waals surface area contributed by atoms with Gasteiger partial charge in [-0.3, -0.25) is 14.7 Å². The smallest absolute Gasteiger partial charge is 0.269 e. The second-order valence-electron chi connectivity index (χ2n) is 4.00. The van der Waals surface area contributed by atoms with Gasteiger partial charge in [0.25, 0.3) is 17.0 Å². The number of nitrogens with zero attached hydrogens (tertiary/aromatic N) is 2. The lowest BCUT2D eigenvalue weighted by atomic mass is 10.2. The van der Waals surface area contributed by atoms with E-state index in [1.54, 1.807) is 24.3 Å². The Morgan fingerprint density at radius 1 is 1.10 bits per heavy atom. The van der Waals surface area contributed by atoms with Gasteiger partial charge >= 0.3 is 0 Å². The van der Waals surface area contributed by atoms with Crippen molar-refractivity contribution < 1.29 is 18.4 Å². The van der Waals surface area contributed by atoms with Gasteiger partial charge in [0, 0.05) is 12.1 Å². The number of anilines is 2. The van der Waals surface area contributed by atoms with E-state index in [1.807, 2.05) is 0 Å². The molecule has 1 N–H and O–H groups in total. The maximum Gasteiger partial charge on any atom is 0.269 e. The fourth-order valence-corrected chi connectivity index (χ4v) is 2.36. The summed E-state index contributed by atoms with van der Waals surface area (Å²) in [6, 6.07) is 11.9. The molecule has 0 aliphatic heterocycles. The predicted molar refractivity (Wildman–Crippen MR) is 79.0 cm³/mol. The Hall–Kier alpha value is -2.45. The number of benzene rings is 2. The third-order valence-electron chi connectivity index (χ3n) is 2.76. The monoisotopic (exact) mass is 308 g/mol. The minimum atomic E-state index is -2.31. The van der Waals surface area contributed by atoms with Crippen molar-refractivity contribution in [2.24, 2.45) is 0 Å².